The molecule has 5 rings (SSSR count). The van der Waals surface area contributed by atoms with Gasteiger partial charge in [0.15, 0.2) is 0 Å². The van der Waals surface area contributed by atoms with Gasteiger partial charge in [-0.2, -0.15) is 0 Å². The van der Waals surface area contributed by atoms with Crippen molar-refractivity contribution >= 4 is 36.0 Å². The van der Waals surface area contributed by atoms with E-state index in [4.69, 9.17) is 0 Å². The zero-order valence-electron chi connectivity index (χ0n) is 27.7. The summed E-state index contributed by atoms with van der Waals surface area (Å²) in [6.07, 6.45) is 22.7. The first-order valence-electron chi connectivity index (χ1n) is 16.3. The van der Waals surface area contributed by atoms with Crippen LogP contribution in [0.15, 0.2) is 106 Å². The predicted molar refractivity (Wildman–Crippen MR) is 197 cm³/mol. The summed E-state index contributed by atoms with van der Waals surface area (Å²) in [7, 11) is 0. The Hall–Kier alpha value is -2.08. The first-order valence-corrected chi connectivity index (χ1v) is 18.5. The third kappa shape index (κ3) is 7.00. The van der Waals surface area contributed by atoms with Crippen molar-refractivity contribution in [2.75, 3.05) is 10.8 Å². The van der Waals surface area contributed by atoms with Crippen molar-refractivity contribution in [2.45, 2.75) is 79.2 Å². The zero-order valence-corrected chi connectivity index (χ0v) is 29.4. The molecule has 1 heterocycles. The molecule has 7 unspecified atom stereocenters. The largest absolute Gasteiger partial charge is 0.393 e. The fourth-order valence-corrected chi connectivity index (χ4v) is 11.0. The van der Waals surface area contributed by atoms with Gasteiger partial charge in [-0.15, -0.1) is 23.5 Å². The summed E-state index contributed by atoms with van der Waals surface area (Å²) in [5.41, 5.74) is 6.61. The first-order chi connectivity index (χ1) is 21.0. The molecule has 0 spiro atoms. The fraction of sp³-hybridized carbons (Fsp3) is 0.538. The fourth-order valence-electron chi connectivity index (χ4n) is 8.96. The third-order valence-corrected chi connectivity index (χ3v) is 13.3. The number of thioether (sulfide) groups is 2. The van der Waals surface area contributed by atoms with Gasteiger partial charge in [0, 0.05) is 21.9 Å². The lowest BCUT2D eigenvalue weighted by Gasteiger charge is -2.60. The van der Waals surface area contributed by atoms with Crippen LogP contribution in [0.3, 0.4) is 0 Å². The van der Waals surface area contributed by atoms with Crippen LogP contribution in [0.2, 0.25) is 0 Å². The Morgan fingerprint density at radius 2 is 2.00 bits per heavy atom. The standard InChI is InChI=1S/C32H42N2OS2.C7H12/c1-7-9-26(33-6)29(8-2)37-19-36-18-20(3)24-12-13-25-23-11-10-22-14-27-21(17-34-27)15-31(22,4)30(23)28(35)16-32(24,25)5;1-4-5-6-7(2)3/h7-9,14,17,23-25,28,30,35H,2-3,6,10-13,15-16,18-19H2,1,4-5H3;4-7H,1H2,2-3H3/b9-7-,29-26-;6-5-. The number of aliphatic imine (C=N–C) groups is 2. The van der Waals surface area contributed by atoms with Crippen molar-refractivity contribution in [3.05, 3.63) is 95.8 Å². The first kappa shape index (κ1) is 34.8. The highest BCUT2D eigenvalue weighted by molar-refractivity contribution is 8.17. The van der Waals surface area contributed by atoms with Gasteiger partial charge in [-0.1, -0.05) is 89.0 Å². The minimum Gasteiger partial charge on any atom is -0.393 e. The maximum absolute atomic E-state index is 11.8. The van der Waals surface area contributed by atoms with Gasteiger partial charge < -0.3 is 5.11 Å². The average molecular weight is 631 g/mol. The summed E-state index contributed by atoms with van der Waals surface area (Å²) < 4.78 is 0. The molecule has 0 amide bonds. The number of aliphatic hydroxyl groups excluding tert-OH is 1. The molecule has 5 heteroatoms. The van der Waals surface area contributed by atoms with E-state index in [1.807, 2.05) is 49.2 Å². The van der Waals surface area contributed by atoms with Gasteiger partial charge in [-0.25, -0.2) is 0 Å². The Labute approximate surface area is 276 Å². The zero-order chi connectivity index (χ0) is 32.1. The van der Waals surface area contributed by atoms with Gasteiger partial charge in [0.25, 0.3) is 0 Å². The number of fused-ring (bicyclic) bond motifs is 6. The molecular formula is C39H54N2OS2. The Morgan fingerprint density at radius 3 is 2.59 bits per heavy atom. The molecule has 3 saturated carbocycles. The number of hydrogen-bond acceptors (Lipinski definition) is 5. The van der Waals surface area contributed by atoms with Crippen LogP contribution in [0.4, 0.5) is 0 Å². The van der Waals surface area contributed by atoms with E-state index < -0.39 is 0 Å². The van der Waals surface area contributed by atoms with Gasteiger partial charge >= 0.3 is 0 Å². The molecule has 5 aliphatic rings. The highest BCUT2D eigenvalue weighted by Gasteiger charge is 2.62. The monoisotopic (exact) mass is 630 g/mol. The molecule has 7 atom stereocenters. The van der Waals surface area contributed by atoms with Crippen LogP contribution in [0.25, 0.3) is 0 Å². The van der Waals surface area contributed by atoms with Gasteiger partial charge in [0.1, 0.15) is 0 Å². The summed E-state index contributed by atoms with van der Waals surface area (Å²) in [6.45, 7) is 27.0. The molecule has 3 fully saturated rings. The Morgan fingerprint density at radius 1 is 1.23 bits per heavy atom. The Bertz CT molecular complexity index is 1310. The third-order valence-electron chi connectivity index (χ3n) is 10.9. The second-order valence-electron chi connectivity index (χ2n) is 13.9. The summed E-state index contributed by atoms with van der Waals surface area (Å²) in [6, 6.07) is 0. The van der Waals surface area contributed by atoms with Crippen LogP contribution in [0, 0.1) is 40.4 Å². The lowest BCUT2D eigenvalue weighted by atomic mass is 9.45. The molecule has 0 bridgehead atoms. The van der Waals surface area contributed by atoms with Gasteiger partial charge in [-0.05, 0) is 110 Å². The molecular weight excluding hydrogens is 577 g/mol. The average Bonchev–Trinajstić information content (AvgIpc) is 3.33. The maximum Gasteiger partial charge on any atom is 0.0754 e. The summed E-state index contributed by atoms with van der Waals surface area (Å²) in [5.74, 6) is 3.77. The minimum absolute atomic E-state index is 0.0829. The number of aliphatic hydroxyl groups is 1. The highest BCUT2D eigenvalue weighted by Crippen LogP contribution is 2.68. The van der Waals surface area contributed by atoms with Gasteiger partial charge in [0.05, 0.1) is 17.5 Å². The quantitative estimate of drug-likeness (QED) is 0.0812. The molecule has 1 aliphatic heterocycles. The van der Waals surface area contributed by atoms with Crippen LogP contribution in [-0.4, -0.2) is 34.5 Å². The van der Waals surface area contributed by atoms with E-state index in [-0.39, 0.29) is 16.9 Å². The number of hydrogen-bond donors (Lipinski definition) is 1. The molecule has 238 valence electrons. The van der Waals surface area contributed by atoms with E-state index in [2.05, 4.69) is 76.3 Å². The summed E-state index contributed by atoms with van der Waals surface area (Å²) in [5, 5.41) is 12.7. The minimum atomic E-state index is -0.243. The number of rotatable bonds is 11. The normalized spacial score (nSPS) is 34.2. The van der Waals surface area contributed by atoms with Crippen LogP contribution in [-0.2, 0) is 0 Å². The molecule has 0 aromatic rings. The molecule has 0 aromatic carbocycles. The van der Waals surface area contributed by atoms with Crippen molar-refractivity contribution in [3.63, 3.8) is 0 Å². The van der Waals surface area contributed by atoms with Crippen LogP contribution < -0.4 is 0 Å². The maximum atomic E-state index is 11.8. The van der Waals surface area contributed by atoms with Crippen molar-refractivity contribution in [1.29, 1.82) is 0 Å². The topological polar surface area (TPSA) is 45.0 Å². The van der Waals surface area contributed by atoms with Crippen molar-refractivity contribution < 1.29 is 5.11 Å². The smallest absolute Gasteiger partial charge is 0.0754 e. The molecule has 44 heavy (non-hydrogen) atoms. The van der Waals surface area contributed by atoms with Crippen molar-refractivity contribution in [1.82, 2.24) is 0 Å². The predicted octanol–water partition coefficient (Wildman–Crippen LogP) is 10.5. The van der Waals surface area contributed by atoms with E-state index in [9.17, 15) is 5.11 Å². The van der Waals surface area contributed by atoms with E-state index in [1.165, 1.54) is 41.7 Å². The van der Waals surface area contributed by atoms with Crippen molar-refractivity contribution in [2.24, 2.45) is 50.4 Å². The molecule has 3 nitrogen and oxygen atoms in total. The number of nitrogens with zero attached hydrogens (tertiary/aromatic N) is 2. The second kappa shape index (κ2) is 15.0. The summed E-state index contributed by atoms with van der Waals surface area (Å²) >= 11 is 3.70. The number of allylic oxidation sites excluding steroid dienone is 9. The van der Waals surface area contributed by atoms with Gasteiger partial charge in [-0.3, -0.25) is 9.98 Å². The van der Waals surface area contributed by atoms with E-state index in [0.29, 0.717) is 29.6 Å². The van der Waals surface area contributed by atoms with Crippen LogP contribution in [0.1, 0.15) is 73.1 Å². The van der Waals surface area contributed by atoms with Crippen LogP contribution in [0.5, 0.6) is 0 Å². The Kier molecular flexibility index (Phi) is 11.9. The van der Waals surface area contributed by atoms with E-state index in [0.717, 1.165) is 40.7 Å². The lowest BCUT2D eigenvalue weighted by Crippen LogP contribution is -2.57. The van der Waals surface area contributed by atoms with E-state index >= 15 is 0 Å². The van der Waals surface area contributed by atoms with E-state index in [1.54, 1.807) is 17.8 Å². The Balaban J connectivity index is 0.000000566. The summed E-state index contributed by atoms with van der Waals surface area (Å²) in [4.78, 5) is 9.70. The highest BCUT2D eigenvalue weighted by atomic mass is 32.2. The molecule has 1 N–H and O–H groups in total. The molecule has 4 aliphatic carbocycles. The van der Waals surface area contributed by atoms with Crippen molar-refractivity contribution in [3.8, 4) is 0 Å². The van der Waals surface area contributed by atoms with Crippen LogP contribution >= 0.6 is 23.5 Å². The molecule has 0 radical (unpaired) electrons. The molecule has 0 aromatic heterocycles. The molecule has 0 saturated heterocycles. The van der Waals surface area contributed by atoms with Gasteiger partial charge in [0.2, 0.25) is 0 Å². The second-order valence-corrected chi connectivity index (χ2v) is 16.3. The SMILES string of the molecule is C=C/C(SCSCC(=C)C1CCC2C3CCC4=CC5=NC=C5CC4(C)C3C(O)CC12C)=C(\C=C/C)N=C.C=C/C=C\C(C)C. The lowest BCUT2D eigenvalue weighted by molar-refractivity contribution is -0.121.